The molecule has 1 aliphatic heterocycles. The first kappa shape index (κ1) is 14.8. The number of nitro groups is 1. The van der Waals surface area contributed by atoms with E-state index in [2.05, 4.69) is 17.1 Å². The molecule has 1 aliphatic rings. The summed E-state index contributed by atoms with van der Waals surface area (Å²) in [5, 5.41) is 14.2. The molecule has 1 heterocycles. The molecule has 5 heteroatoms. The van der Waals surface area contributed by atoms with Crippen molar-refractivity contribution >= 4 is 11.4 Å². The van der Waals surface area contributed by atoms with Crippen molar-refractivity contribution in [3.8, 4) is 0 Å². The minimum absolute atomic E-state index is 0.177. The van der Waals surface area contributed by atoms with E-state index in [0.717, 1.165) is 25.1 Å². The van der Waals surface area contributed by atoms with E-state index in [9.17, 15) is 10.1 Å². The monoisotopic (exact) mass is 277 g/mol. The average Bonchev–Trinajstić information content (AvgIpc) is 2.87. The first-order valence-electron chi connectivity index (χ1n) is 7.41. The number of anilines is 1. The fourth-order valence-corrected chi connectivity index (χ4v) is 2.97. The van der Waals surface area contributed by atoms with E-state index in [1.54, 1.807) is 6.07 Å². The SMILES string of the molecule is CCNc1ccc(CN2CCCC2CC)cc1[N+](=O)[O-]. The highest BCUT2D eigenvalue weighted by atomic mass is 16.6. The van der Waals surface area contributed by atoms with Gasteiger partial charge in [-0.1, -0.05) is 13.0 Å². The number of nitro benzene ring substituents is 1. The fraction of sp³-hybridized carbons (Fsp3) is 0.600. The quantitative estimate of drug-likeness (QED) is 0.639. The smallest absolute Gasteiger partial charge is 0.292 e. The van der Waals surface area contributed by atoms with Crippen LogP contribution in [0.4, 0.5) is 11.4 Å². The molecule has 1 aromatic rings. The van der Waals surface area contributed by atoms with Gasteiger partial charge >= 0.3 is 0 Å². The van der Waals surface area contributed by atoms with Gasteiger partial charge in [0, 0.05) is 25.2 Å². The first-order chi connectivity index (χ1) is 9.65. The molecule has 0 saturated carbocycles. The molecule has 0 spiro atoms. The van der Waals surface area contributed by atoms with Crippen LogP contribution in [0.15, 0.2) is 18.2 Å². The second-order valence-electron chi connectivity index (χ2n) is 5.31. The van der Waals surface area contributed by atoms with Crippen LogP contribution in [0.25, 0.3) is 0 Å². The Bertz CT molecular complexity index is 476. The van der Waals surface area contributed by atoms with E-state index >= 15 is 0 Å². The summed E-state index contributed by atoms with van der Waals surface area (Å²) in [5.74, 6) is 0. The molecule has 0 bridgehead atoms. The molecular weight excluding hydrogens is 254 g/mol. The van der Waals surface area contributed by atoms with Crippen molar-refractivity contribution in [1.82, 2.24) is 4.90 Å². The van der Waals surface area contributed by atoms with Crippen LogP contribution in [0.1, 0.15) is 38.7 Å². The molecule has 1 fully saturated rings. The summed E-state index contributed by atoms with van der Waals surface area (Å²) in [4.78, 5) is 13.3. The molecule has 1 aromatic carbocycles. The molecule has 1 unspecified atom stereocenters. The zero-order valence-corrected chi connectivity index (χ0v) is 12.3. The molecule has 1 saturated heterocycles. The van der Waals surface area contributed by atoms with Gasteiger partial charge in [-0.15, -0.1) is 0 Å². The van der Waals surface area contributed by atoms with Gasteiger partial charge in [0.05, 0.1) is 4.92 Å². The Labute approximate surface area is 120 Å². The minimum atomic E-state index is -0.303. The Morgan fingerprint density at radius 2 is 2.25 bits per heavy atom. The van der Waals surface area contributed by atoms with Gasteiger partial charge in [0.2, 0.25) is 0 Å². The van der Waals surface area contributed by atoms with Gasteiger partial charge in [-0.2, -0.15) is 0 Å². The van der Waals surface area contributed by atoms with Gasteiger partial charge in [-0.05, 0) is 44.4 Å². The van der Waals surface area contributed by atoms with Crippen molar-refractivity contribution in [3.63, 3.8) is 0 Å². The Kier molecular flexibility index (Phi) is 4.95. The third-order valence-electron chi connectivity index (χ3n) is 3.98. The Hall–Kier alpha value is -1.62. The van der Waals surface area contributed by atoms with Gasteiger partial charge in [0.15, 0.2) is 0 Å². The lowest BCUT2D eigenvalue weighted by atomic mass is 10.1. The van der Waals surface area contributed by atoms with Crippen molar-refractivity contribution in [3.05, 3.63) is 33.9 Å². The zero-order valence-electron chi connectivity index (χ0n) is 12.3. The summed E-state index contributed by atoms with van der Waals surface area (Å²) in [6.07, 6.45) is 3.63. The third-order valence-corrected chi connectivity index (χ3v) is 3.98. The molecule has 1 N–H and O–H groups in total. The fourth-order valence-electron chi connectivity index (χ4n) is 2.97. The highest BCUT2D eigenvalue weighted by Gasteiger charge is 2.23. The van der Waals surface area contributed by atoms with Gasteiger partial charge in [-0.3, -0.25) is 15.0 Å². The number of rotatable bonds is 6. The second kappa shape index (κ2) is 6.70. The van der Waals surface area contributed by atoms with Gasteiger partial charge < -0.3 is 5.32 Å². The summed E-state index contributed by atoms with van der Waals surface area (Å²) >= 11 is 0. The molecule has 20 heavy (non-hydrogen) atoms. The van der Waals surface area contributed by atoms with Crippen molar-refractivity contribution in [1.29, 1.82) is 0 Å². The summed E-state index contributed by atoms with van der Waals surface area (Å²) in [7, 11) is 0. The maximum Gasteiger partial charge on any atom is 0.292 e. The molecule has 110 valence electrons. The molecular formula is C15H23N3O2. The first-order valence-corrected chi connectivity index (χ1v) is 7.41. The van der Waals surface area contributed by atoms with E-state index in [0.29, 0.717) is 18.3 Å². The lowest BCUT2D eigenvalue weighted by molar-refractivity contribution is -0.384. The van der Waals surface area contributed by atoms with Gasteiger partial charge in [0.1, 0.15) is 5.69 Å². The zero-order chi connectivity index (χ0) is 14.5. The molecule has 0 amide bonds. The van der Waals surface area contributed by atoms with Crippen LogP contribution in [-0.2, 0) is 6.54 Å². The third kappa shape index (κ3) is 3.28. The minimum Gasteiger partial charge on any atom is -0.380 e. The van der Waals surface area contributed by atoms with E-state index in [-0.39, 0.29) is 10.6 Å². The van der Waals surface area contributed by atoms with Crippen LogP contribution in [0, 0.1) is 10.1 Å². The van der Waals surface area contributed by atoms with Crippen molar-refractivity contribution < 1.29 is 4.92 Å². The van der Waals surface area contributed by atoms with E-state index in [1.165, 1.54) is 12.8 Å². The predicted octanol–water partition coefficient (Wildman–Crippen LogP) is 3.40. The highest BCUT2D eigenvalue weighted by molar-refractivity contribution is 5.62. The molecule has 0 aliphatic carbocycles. The van der Waals surface area contributed by atoms with Crippen LogP contribution in [0.3, 0.4) is 0 Å². The highest BCUT2D eigenvalue weighted by Crippen LogP contribution is 2.28. The lowest BCUT2D eigenvalue weighted by Crippen LogP contribution is -2.28. The Morgan fingerprint density at radius 3 is 2.90 bits per heavy atom. The van der Waals surface area contributed by atoms with Crippen LogP contribution < -0.4 is 5.32 Å². The average molecular weight is 277 g/mol. The number of nitrogens with zero attached hydrogens (tertiary/aromatic N) is 2. The Balaban J connectivity index is 2.16. The standard InChI is InChI=1S/C15H23N3O2/c1-3-13-6-5-9-17(13)11-12-7-8-14(16-4-2)15(10-12)18(19)20/h7-8,10,13,16H,3-6,9,11H2,1-2H3. The maximum absolute atomic E-state index is 11.2. The molecule has 5 nitrogen and oxygen atoms in total. The van der Waals surface area contributed by atoms with Crippen molar-refractivity contribution in [2.75, 3.05) is 18.4 Å². The summed E-state index contributed by atoms with van der Waals surface area (Å²) in [6, 6.07) is 6.16. The molecule has 0 radical (unpaired) electrons. The number of nitrogens with one attached hydrogen (secondary N) is 1. The number of benzene rings is 1. The molecule has 2 rings (SSSR count). The summed E-state index contributed by atoms with van der Waals surface area (Å²) in [6.45, 7) is 6.74. The molecule has 1 atom stereocenters. The summed E-state index contributed by atoms with van der Waals surface area (Å²) in [5.41, 5.74) is 1.81. The normalized spacial score (nSPS) is 19.2. The van der Waals surface area contributed by atoms with Gasteiger partial charge in [0.25, 0.3) is 5.69 Å². The predicted molar refractivity (Wildman–Crippen MR) is 81.0 cm³/mol. The number of likely N-dealkylation sites (tertiary alicyclic amines) is 1. The lowest BCUT2D eigenvalue weighted by Gasteiger charge is -2.23. The summed E-state index contributed by atoms with van der Waals surface area (Å²) < 4.78 is 0. The largest absolute Gasteiger partial charge is 0.380 e. The van der Waals surface area contributed by atoms with Crippen LogP contribution >= 0.6 is 0 Å². The van der Waals surface area contributed by atoms with Crippen molar-refractivity contribution in [2.45, 2.75) is 45.7 Å². The molecule has 0 aromatic heterocycles. The number of hydrogen-bond donors (Lipinski definition) is 1. The van der Waals surface area contributed by atoms with Crippen LogP contribution in [-0.4, -0.2) is 29.0 Å². The van der Waals surface area contributed by atoms with E-state index < -0.39 is 0 Å². The Morgan fingerprint density at radius 1 is 1.45 bits per heavy atom. The van der Waals surface area contributed by atoms with Crippen LogP contribution in [0.5, 0.6) is 0 Å². The van der Waals surface area contributed by atoms with Crippen LogP contribution in [0.2, 0.25) is 0 Å². The topological polar surface area (TPSA) is 58.4 Å². The number of hydrogen-bond acceptors (Lipinski definition) is 4. The van der Waals surface area contributed by atoms with E-state index in [1.807, 2.05) is 19.1 Å². The second-order valence-corrected chi connectivity index (χ2v) is 5.31. The van der Waals surface area contributed by atoms with Gasteiger partial charge in [-0.25, -0.2) is 0 Å². The maximum atomic E-state index is 11.2. The van der Waals surface area contributed by atoms with E-state index in [4.69, 9.17) is 0 Å². The van der Waals surface area contributed by atoms with Crippen molar-refractivity contribution in [2.24, 2.45) is 0 Å².